The molecule has 2 saturated heterocycles. The minimum absolute atomic E-state index is 0.00953. The van der Waals surface area contributed by atoms with E-state index >= 15 is 0 Å². The van der Waals surface area contributed by atoms with Gasteiger partial charge in [-0.15, -0.1) is 0 Å². The third-order valence-corrected chi connectivity index (χ3v) is 6.67. The summed E-state index contributed by atoms with van der Waals surface area (Å²) in [6.07, 6.45) is 2.70. The Morgan fingerprint density at radius 1 is 1.29 bits per heavy atom. The summed E-state index contributed by atoms with van der Waals surface area (Å²) in [6.45, 7) is 6.01. The van der Waals surface area contributed by atoms with Crippen LogP contribution in [0.4, 0.5) is 9.18 Å². The van der Waals surface area contributed by atoms with Crippen LogP contribution in [0.1, 0.15) is 71.0 Å². The number of carbonyl (C=O) groups excluding carboxylic acids is 1. The van der Waals surface area contributed by atoms with Crippen molar-refractivity contribution in [2.45, 2.75) is 82.1 Å². The number of amides is 1. The number of aliphatic hydroxyl groups is 2. The largest absolute Gasteiger partial charge is 0.478 e. The molecule has 3 N–H and O–H groups in total. The number of hydrogen-bond acceptors (Lipinski definition) is 8. The van der Waals surface area contributed by atoms with Gasteiger partial charge in [0.1, 0.15) is 16.9 Å². The molecule has 3 fully saturated rings. The van der Waals surface area contributed by atoms with E-state index in [0.29, 0.717) is 44.2 Å². The number of aromatic nitrogens is 2. The van der Waals surface area contributed by atoms with Crippen LogP contribution in [0.3, 0.4) is 0 Å². The minimum Gasteiger partial charge on any atom is -0.478 e. The average Bonchev–Trinajstić information content (AvgIpc) is 2.79. The fourth-order valence-electron chi connectivity index (χ4n) is 4.85. The maximum absolute atomic E-state index is 14.9. The standard InChI is InChI=1S/C25H34FN3O6/c1-23(2,3)35-22(32)29-24-7-9-25(10-8-24,34-15-24)13-18(31)20-16(26)14-27-17-5-6-19(28-21(17)20)33-12-4-11-30/h5-6,14,18,30-31H,4,7-13,15H2,1-3H3,(H,29,32). The summed E-state index contributed by atoms with van der Waals surface area (Å²) in [5.74, 6) is -0.372. The Bertz CT molecular complexity index is 1050. The lowest BCUT2D eigenvalue weighted by Crippen LogP contribution is -2.63. The SMILES string of the molecule is CC(C)(C)OC(=O)NC12CCC(CC(O)c3c(F)cnc4ccc(OCCCO)nc34)(CC1)OC2. The van der Waals surface area contributed by atoms with Gasteiger partial charge >= 0.3 is 6.09 Å². The lowest BCUT2D eigenvalue weighted by Gasteiger charge is -2.53. The minimum atomic E-state index is -1.16. The zero-order chi connectivity index (χ0) is 25.3. The van der Waals surface area contributed by atoms with E-state index in [1.165, 1.54) is 0 Å². The molecule has 2 aromatic rings. The summed E-state index contributed by atoms with van der Waals surface area (Å²) < 4.78 is 32.0. The molecule has 1 saturated carbocycles. The molecule has 192 valence electrons. The Hall–Kier alpha value is -2.56. The summed E-state index contributed by atoms with van der Waals surface area (Å²) in [7, 11) is 0. The Kier molecular flexibility index (Phi) is 7.17. The predicted octanol–water partition coefficient (Wildman–Crippen LogP) is 3.56. The van der Waals surface area contributed by atoms with Gasteiger partial charge in [0, 0.05) is 31.1 Å². The van der Waals surface area contributed by atoms with Crippen molar-refractivity contribution in [2.75, 3.05) is 19.8 Å². The smallest absolute Gasteiger partial charge is 0.408 e. The molecule has 10 heteroatoms. The van der Waals surface area contributed by atoms with E-state index in [0.717, 1.165) is 6.20 Å². The predicted molar refractivity (Wildman–Crippen MR) is 126 cm³/mol. The van der Waals surface area contributed by atoms with Crippen molar-refractivity contribution in [3.8, 4) is 5.88 Å². The zero-order valence-corrected chi connectivity index (χ0v) is 20.5. The van der Waals surface area contributed by atoms with Crippen LogP contribution in [0.2, 0.25) is 0 Å². The van der Waals surface area contributed by atoms with Crippen molar-refractivity contribution < 1.29 is 33.6 Å². The van der Waals surface area contributed by atoms with E-state index in [9.17, 15) is 14.3 Å². The van der Waals surface area contributed by atoms with Gasteiger partial charge in [-0.25, -0.2) is 14.2 Å². The number of fused-ring (bicyclic) bond motifs is 4. The molecule has 9 nitrogen and oxygen atoms in total. The van der Waals surface area contributed by atoms with Crippen molar-refractivity contribution in [2.24, 2.45) is 0 Å². The highest BCUT2D eigenvalue weighted by atomic mass is 19.1. The van der Waals surface area contributed by atoms with Crippen molar-refractivity contribution in [1.29, 1.82) is 0 Å². The van der Waals surface area contributed by atoms with Gasteiger partial charge in [0.05, 0.1) is 42.2 Å². The van der Waals surface area contributed by atoms with Gasteiger partial charge in [-0.3, -0.25) is 4.98 Å². The van der Waals surface area contributed by atoms with E-state index < -0.39 is 34.8 Å². The molecule has 5 rings (SSSR count). The number of carbonyl (C=O) groups is 1. The molecule has 1 aliphatic carbocycles. The van der Waals surface area contributed by atoms with Gasteiger partial charge in [-0.1, -0.05) is 0 Å². The first-order valence-corrected chi connectivity index (χ1v) is 12.1. The number of pyridine rings is 2. The summed E-state index contributed by atoms with van der Waals surface area (Å²) in [4.78, 5) is 20.8. The number of nitrogens with one attached hydrogen (secondary N) is 1. The molecule has 4 heterocycles. The Balaban J connectivity index is 1.47. The van der Waals surface area contributed by atoms with Gasteiger partial charge in [0.15, 0.2) is 0 Å². The molecule has 2 aromatic heterocycles. The second kappa shape index (κ2) is 9.83. The first kappa shape index (κ1) is 25.5. The molecule has 1 unspecified atom stereocenters. The van der Waals surface area contributed by atoms with Crippen LogP contribution in [0.15, 0.2) is 18.3 Å². The van der Waals surface area contributed by atoms with E-state index in [1.807, 2.05) is 20.8 Å². The van der Waals surface area contributed by atoms with E-state index in [2.05, 4.69) is 15.3 Å². The molecular weight excluding hydrogens is 457 g/mol. The topological polar surface area (TPSA) is 123 Å². The van der Waals surface area contributed by atoms with Crippen LogP contribution in [0.25, 0.3) is 11.0 Å². The normalized spacial score (nSPS) is 24.9. The first-order chi connectivity index (χ1) is 16.5. The average molecular weight is 492 g/mol. The molecule has 0 aromatic carbocycles. The lowest BCUT2D eigenvalue weighted by molar-refractivity contribution is -0.175. The van der Waals surface area contributed by atoms with Crippen LogP contribution in [-0.4, -0.2) is 62.8 Å². The summed E-state index contributed by atoms with van der Waals surface area (Å²) in [5, 5.41) is 23.1. The summed E-state index contributed by atoms with van der Waals surface area (Å²) >= 11 is 0. The second-order valence-corrected chi connectivity index (χ2v) is 10.6. The fourth-order valence-corrected chi connectivity index (χ4v) is 4.85. The third kappa shape index (κ3) is 5.82. The zero-order valence-electron chi connectivity index (χ0n) is 20.5. The van der Waals surface area contributed by atoms with Gasteiger partial charge in [-0.2, -0.15) is 0 Å². The van der Waals surface area contributed by atoms with Crippen LogP contribution >= 0.6 is 0 Å². The molecule has 0 spiro atoms. The van der Waals surface area contributed by atoms with Crippen LogP contribution in [0, 0.1) is 5.82 Å². The highest BCUT2D eigenvalue weighted by Crippen LogP contribution is 2.48. The Labute approximate surface area is 204 Å². The van der Waals surface area contributed by atoms with Crippen LogP contribution in [0.5, 0.6) is 5.88 Å². The number of rotatable bonds is 8. The number of hydrogen-bond donors (Lipinski definition) is 3. The van der Waals surface area contributed by atoms with E-state index in [4.69, 9.17) is 19.3 Å². The van der Waals surface area contributed by atoms with Crippen LogP contribution in [-0.2, 0) is 9.47 Å². The van der Waals surface area contributed by atoms with Gasteiger partial charge < -0.3 is 29.7 Å². The third-order valence-electron chi connectivity index (χ3n) is 6.67. The molecule has 0 radical (unpaired) electrons. The van der Waals surface area contributed by atoms with Gasteiger partial charge in [0.2, 0.25) is 5.88 Å². The molecule has 2 bridgehead atoms. The highest BCUT2D eigenvalue weighted by molar-refractivity contribution is 5.78. The summed E-state index contributed by atoms with van der Waals surface area (Å²) in [6, 6.07) is 3.29. The molecule has 1 atom stereocenters. The Morgan fingerprint density at radius 2 is 2.03 bits per heavy atom. The quantitative estimate of drug-likeness (QED) is 0.479. The molecule has 3 aliphatic rings. The maximum atomic E-state index is 14.9. The molecule has 2 aliphatic heterocycles. The molecular formula is C25H34FN3O6. The maximum Gasteiger partial charge on any atom is 0.408 e. The monoisotopic (exact) mass is 491 g/mol. The highest BCUT2D eigenvalue weighted by Gasteiger charge is 2.51. The Morgan fingerprint density at radius 3 is 2.66 bits per heavy atom. The summed E-state index contributed by atoms with van der Waals surface area (Å²) in [5.41, 5.74) is -0.951. The van der Waals surface area contributed by atoms with Gasteiger partial charge in [0.25, 0.3) is 0 Å². The van der Waals surface area contributed by atoms with Crippen molar-refractivity contribution in [3.05, 3.63) is 29.7 Å². The lowest BCUT2D eigenvalue weighted by atomic mass is 9.69. The molecule has 1 amide bonds. The first-order valence-electron chi connectivity index (χ1n) is 12.1. The number of halogens is 1. The number of alkyl carbamates (subject to hydrolysis) is 1. The van der Waals surface area contributed by atoms with Crippen molar-refractivity contribution in [1.82, 2.24) is 15.3 Å². The van der Waals surface area contributed by atoms with Gasteiger partial charge in [-0.05, 0) is 52.5 Å². The number of nitrogens with zero attached hydrogens (tertiary/aromatic N) is 2. The van der Waals surface area contributed by atoms with E-state index in [1.54, 1.807) is 12.1 Å². The molecule has 35 heavy (non-hydrogen) atoms. The fraction of sp³-hybridized carbons (Fsp3) is 0.640. The van der Waals surface area contributed by atoms with E-state index in [-0.39, 0.29) is 36.6 Å². The number of ether oxygens (including phenoxy) is 3. The van der Waals surface area contributed by atoms with Crippen molar-refractivity contribution >= 4 is 17.1 Å². The second-order valence-electron chi connectivity index (χ2n) is 10.6. The van der Waals surface area contributed by atoms with Crippen molar-refractivity contribution in [3.63, 3.8) is 0 Å². The number of aliphatic hydroxyl groups excluding tert-OH is 2. The van der Waals surface area contributed by atoms with Crippen LogP contribution < -0.4 is 10.1 Å².